The number of anilines is 1. The average molecular weight is 266 g/mol. The first kappa shape index (κ1) is 12.4. The monoisotopic (exact) mass is 265 g/mol. The molecule has 1 aromatic carbocycles. The standard InChI is InChI=1S/C11H12ClN5O/c1-17(5-10-14-6-15-16-10)11(18)8-4-7(12)2-3-9(8)13/h2-4,6H,5,13H2,1H3,(H,14,15,16). The zero-order valence-corrected chi connectivity index (χ0v) is 10.5. The van der Waals surface area contributed by atoms with Gasteiger partial charge < -0.3 is 10.6 Å². The van der Waals surface area contributed by atoms with Gasteiger partial charge in [0.15, 0.2) is 0 Å². The van der Waals surface area contributed by atoms with Crippen LogP contribution < -0.4 is 5.73 Å². The molecular formula is C11H12ClN5O. The number of aromatic nitrogens is 3. The SMILES string of the molecule is CN(Cc1ncn[nH]1)C(=O)c1cc(Cl)ccc1N. The number of hydrogen-bond donors (Lipinski definition) is 2. The van der Waals surface area contributed by atoms with Crippen LogP contribution in [-0.2, 0) is 6.54 Å². The maximum Gasteiger partial charge on any atom is 0.256 e. The molecule has 0 aliphatic carbocycles. The molecule has 0 bridgehead atoms. The number of nitrogens with one attached hydrogen (secondary N) is 1. The highest BCUT2D eigenvalue weighted by Gasteiger charge is 2.16. The molecule has 7 heteroatoms. The topological polar surface area (TPSA) is 87.9 Å². The number of H-pyrrole nitrogens is 1. The summed E-state index contributed by atoms with van der Waals surface area (Å²) in [5.41, 5.74) is 6.54. The molecule has 1 heterocycles. The summed E-state index contributed by atoms with van der Waals surface area (Å²) in [5, 5.41) is 6.88. The number of carbonyl (C=O) groups is 1. The molecule has 0 saturated carbocycles. The molecule has 0 spiro atoms. The van der Waals surface area contributed by atoms with Gasteiger partial charge in [-0.3, -0.25) is 9.89 Å². The highest BCUT2D eigenvalue weighted by atomic mass is 35.5. The highest BCUT2D eigenvalue weighted by Crippen LogP contribution is 2.19. The molecule has 3 N–H and O–H groups in total. The van der Waals surface area contributed by atoms with Crippen molar-refractivity contribution in [1.29, 1.82) is 0 Å². The average Bonchev–Trinajstić information content (AvgIpc) is 2.84. The van der Waals surface area contributed by atoms with Crippen LogP contribution in [0, 0.1) is 0 Å². The van der Waals surface area contributed by atoms with E-state index in [0.29, 0.717) is 28.6 Å². The first-order valence-electron chi connectivity index (χ1n) is 5.22. The summed E-state index contributed by atoms with van der Waals surface area (Å²) in [5.74, 6) is 0.387. The molecule has 2 aromatic rings. The second kappa shape index (κ2) is 5.05. The van der Waals surface area contributed by atoms with Gasteiger partial charge in [-0.05, 0) is 18.2 Å². The minimum Gasteiger partial charge on any atom is -0.398 e. The van der Waals surface area contributed by atoms with Crippen LogP contribution in [0.1, 0.15) is 16.2 Å². The van der Waals surface area contributed by atoms with Crippen molar-refractivity contribution in [3.05, 3.63) is 40.9 Å². The van der Waals surface area contributed by atoms with Crippen molar-refractivity contribution >= 4 is 23.2 Å². The zero-order valence-electron chi connectivity index (χ0n) is 9.72. The molecule has 0 fully saturated rings. The van der Waals surface area contributed by atoms with Gasteiger partial charge in [0.2, 0.25) is 0 Å². The molecular weight excluding hydrogens is 254 g/mol. The van der Waals surface area contributed by atoms with E-state index < -0.39 is 0 Å². The summed E-state index contributed by atoms with van der Waals surface area (Å²) in [6, 6.07) is 4.80. The van der Waals surface area contributed by atoms with E-state index in [9.17, 15) is 4.79 Å². The molecule has 2 rings (SSSR count). The normalized spacial score (nSPS) is 10.3. The fourth-order valence-corrected chi connectivity index (χ4v) is 1.69. The minimum absolute atomic E-state index is 0.216. The van der Waals surface area contributed by atoms with Crippen LogP contribution in [0.2, 0.25) is 5.02 Å². The lowest BCUT2D eigenvalue weighted by Crippen LogP contribution is -2.27. The number of hydrogen-bond acceptors (Lipinski definition) is 4. The van der Waals surface area contributed by atoms with Crippen molar-refractivity contribution in [2.75, 3.05) is 12.8 Å². The van der Waals surface area contributed by atoms with Crippen molar-refractivity contribution in [2.45, 2.75) is 6.54 Å². The van der Waals surface area contributed by atoms with E-state index in [-0.39, 0.29) is 5.91 Å². The summed E-state index contributed by atoms with van der Waals surface area (Å²) in [7, 11) is 1.66. The number of carbonyl (C=O) groups excluding carboxylic acids is 1. The number of halogens is 1. The molecule has 1 amide bonds. The summed E-state index contributed by atoms with van der Waals surface area (Å²) in [6.07, 6.45) is 1.39. The number of aromatic amines is 1. The third-order valence-electron chi connectivity index (χ3n) is 2.44. The summed E-state index contributed by atoms with van der Waals surface area (Å²) < 4.78 is 0. The van der Waals surface area contributed by atoms with Crippen LogP contribution in [0.15, 0.2) is 24.5 Å². The number of nitrogen functional groups attached to an aromatic ring is 1. The van der Waals surface area contributed by atoms with Crippen molar-refractivity contribution in [3.63, 3.8) is 0 Å². The van der Waals surface area contributed by atoms with Gasteiger partial charge in [0.1, 0.15) is 12.2 Å². The molecule has 0 atom stereocenters. The molecule has 0 aliphatic rings. The quantitative estimate of drug-likeness (QED) is 0.819. The molecule has 0 saturated heterocycles. The van der Waals surface area contributed by atoms with Gasteiger partial charge in [0, 0.05) is 17.8 Å². The van der Waals surface area contributed by atoms with Crippen LogP contribution in [0.3, 0.4) is 0 Å². The number of rotatable bonds is 3. The van der Waals surface area contributed by atoms with Gasteiger partial charge in [-0.2, -0.15) is 5.10 Å². The van der Waals surface area contributed by atoms with Gasteiger partial charge in [-0.1, -0.05) is 11.6 Å². The van der Waals surface area contributed by atoms with Crippen LogP contribution in [0.5, 0.6) is 0 Å². The van der Waals surface area contributed by atoms with Crippen molar-refractivity contribution in [3.8, 4) is 0 Å². The lowest BCUT2D eigenvalue weighted by molar-refractivity contribution is 0.0782. The Hall–Kier alpha value is -2.08. The molecule has 18 heavy (non-hydrogen) atoms. The third-order valence-corrected chi connectivity index (χ3v) is 2.68. The smallest absolute Gasteiger partial charge is 0.256 e. The van der Waals surface area contributed by atoms with Crippen LogP contribution in [0.4, 0.5) is 5.69 Å². The van der Waals surface area contributed by atoms with Gasteiger partial charge in [0.25, 0.3) is 5.91 Å². The van der Waals surface area contributed by atoms with Gasteiger partial charge in [0.05, 0.1) is 12.1 Å². The molecule has 0 aliphatic heterocycles. The molecule has 1 aromatic heterocycles. The number of benzene rings is 1. The Labute approximate surface area is 109 Å². The van der Waals surface area contributed by atoms with E-state index in [4.69, 9.17) is 17.3 Å². The molecule has 94 valence electrons. The van der Waals surface area contributed by atoms with Crippen LogP contribution >= 0.6 is 11.6 Å². The predicted molar refractivity (Wildman–Crippen MR) is 68.0 cm³/mol. The van der Waals surface area contributed by atoms with E-state index in [2.05, 4.69) is 15.2 Å². The first-order chi connectivity index (χ1) is 8.58. The maximum atomic E-state index is 12.2. The van der Waals surface area contributed by atoms with E-state index >= 15 is 0 Å². The van der Waals surface area contributed by atoms with Crippen molar-refractivity contribution in [1.82, 2.24) is 20.1 Å². The molecule has 0 unspecified atom stereocenters. The minimum atomic E-state index is -0.216. The van der Waals surface area contributed by atoms with E-state index in [1.54, 1.807) is 25.2 Å². The lowest BCUT2D eigenvalue weighted by atomic mass is 10.1. The second-order valence-corrected chi connectivity index (χ2v) is 4.26. The Morgan fingerprint density at radius 3 is 3.00 bits per heavy atom. The number of nitrogens with two attached hydrogens (primary N) is 1. The molecule has 0 radical (unpaired) electrons. The Kier molecular flexibility index (Phi) is 3.47. The Bertz CT molecular complexity index is 555. The van der Waals surface area contributed by atoms with Gasteiger partial charge in [-0.25, -0.2) is 4.98 Å². The Balaban J connectivity index is 2.17. The number of nitrogens with zero attached hydrogens (tertiary/aromatic N) is 3. The Morgan fingerprint density at radius 1 is 1.56 bits per heavy atom. The summed E-state index contributed by atoms with van der Waals surface area (Å²) in [4.78, 5) is 17.6. The van der Waals surface area contributed by atoms with Crippen molar-refractivity contribution in [2.24, 2.45) is 0 Å². The maximum absolute atomic E-state index is 12.2. The number of amides is 1. The predicted octanol–water partition coefficient (Wildman–Crippen LogP) is 1.31. The van der Waals surface area contributed by atoms with Crippen molar-refractivity contribution < 1.29 is 4.79 Å². The fraction of sp³-hybridized carbons (Fsp3) is 0.182. The largest absolute Gasteiger partial charge is 0.398 e. The highest BCUT2D eigenvalue weighted by molar-refractivity contribution is 6.31. The second-order valence-electron chi connectivity index (χ2n) is 3.82. The zero-order chi connectivity index (χ0) is 13.1. The van der Waals surface area contributed by atoms with Gasteiger partial charge >= 0.3 is 0 Å². The first-order valence-corrected chi connectivity index (χ1v) is 5.60. The van der Waals surface area contributed by atoms with E-state index in [0.717, 1.165) is 0 Å². The van der Waals surface area contributed by atoms with Crippen LogP contribution in [-0.4, -0.2) is 33.0 Å². The lowest BCUT2D eigenvalue weighted by Gasteiger charge is -2.16. The van der Waals surface area contributed by atoms with E-state index in [1.165, 1.54) is 11.2 Å². The van der Waals surface area contributed by atoms with Gasteiger partial charge in [-0.15, -0.1) is 0 Å². The molecule has 6 nitrogen and oxygen atoms in total. The fourth-order valence-electron chi connectivity index (χ4n) is 1.52. The summed E-state index contributed by atoms with van der Waals surface area (Å²) in [6.45, 7) is 0.324. The van der Waals surface area contributed by atoms with E-state index in [1.807, 2.05) is 0 Å². The third kappa shape index (κ3) is 2.60. The van der Waals surface area contributed by atoms with Crippen LogP contribution in [0.25, 0.3) is 0 Å². The Morgan fingerprint density at radius 2 is 2.33 bits per heavy atom. The summed E-state index contributed by atoms with van der Waals surface area (Å²) >= 11 is 5.85.